The maximum Gasteiger partial charge on any atom is 0.408 e. The van der Waals surface area contributed by atoms with E-state index in [1.54, 1.807) is 20.8 Å². The molecule has 0 aliphatic carbocycles. The second kappa shape index (κ2) is 6.67. The average molecular weight is 319 g/mol. The fraction of sp³-hybridized carbons (Fsp3) is 0.429. The van der Waals surface area contributed by atoms with Gasteiger partial charge in [0.15, 0.2) is 11.6 Å². The number of aliphatic carboxylic acids is 1. The Hall–Kier alpha value is -2.25. The lowest BCUT2D eigenvalue weighted by Crippen LogP contribution is -2.44. The van der Waals surface area contributed by atoms with E-state index in [1.165, 1.54) is 0 Å². The fourth-order valence-corrected chi connectivity index (χ4v) is 1.59. The molecule has 8 heteroatoms. The normalized spacial score (nSPS) is 12.6. The quantitative estimate of drug-likeness (QED) is 0.837. The van der Waals surface area contributed by atoms with Crippen LogP contribution in [-0.4, -0.2) is 28.8 Å². The van der Waals surface area contributed by atoms with Crippen molar-refractivity contribution in [3.63, 3.8) is 0 Å². The van der Waals surface area contributed by atoms with E-state index in [1.807, 2.05) is 5.32 Å². The van der Waals surface area contributed by atoms with Crippen LogP contribution in [0.3, 0.4) is 0 Å². The number of carboxylic acid groups (broad SMARTS) is 1. The number of carboxylic acids is 1. The number of nitrogens with one attached hydrogen (secondary N) is 1. The maximum absolute atomic E-state index is 13.5. The van der Waals surface area contributed by atoms with Crippen molar-refractivity contribution in [2.45, 2.75) is 38.8 Å². The Morgan fingerprint density at radius 1 is 1.18 bits per heavy atom. The SMILES string of the molecule is CC(C)(C)OC(=O)N[C@H](Cc1cc(F)c(F)cc1F)C(=O)O. The van der Waals surface area contributed by atoms with Crippen LogP contribution in [0, 0.1) is 17.5 Å². The molecule has 0 bridgehead atoms. The number of carbonyl (C=O) groups is 2. The Kier molecular flexibility index (Phi) is 5.40. The molecule has 0 unspecified atom stereocenters. The van der Waals surface area contributed by atoms with Crippen molar-refractivity contribution in [3.05, 3.63) is 35.1 Å². The Morgan fingerprint density at radius 2 is 1.73 bits per heavy atom. The van der Waals surface area contributed by atoms with Gasteiger partial charge in [-0.05, 0) is 32.4 Å². The molecule has 1 rings (SSSR count). The Morgan fingerprint density at radius 3 is 2.23 bits per heavy atom. The number of carbonyl (C=O) groups excluding carboxylic acids is 1. The number of hydrogen-bond donors (Lipinski definition) is 2. The van der Waals surface area contributed by atoms with E-state index in [4.69, 9.17) is 9.84 Å². The predicted octanol–water partition coefficient (Wildman–Crippen LogP) is 2.62. The van der Waals surface area contributed by atoms with Crippen LogP contribution in [0.2, 0.25) is 0 Å². The summed E-state index contributed by atoms with van der Waals surface area (Å²) >= 11 is 0. The van der Waals surface area contributed by atoms with Crippen molar-refractivity contribution in [1.82, 2.24) is 5.32 Å². The van der Waals surface area contributed by atoms with E-state index in [0.717, 1.165) is 0 Å². The first-order chi connectivity index (χ1) is 9.99. The highest BCUT2D eigenvalue weighted by atomic mass is 19.2. The van der Waals surface area contributed by atoms with Crippen LogP contribution in [-0.2, 0) is 16.0 Å². The summed E-state index contributed by atoms with van der Waals surface area (Å²) in [5.41, 5.74) is -1.22. The highest BCUT2D eigenvalue weighted by molar-refractivity contribution is 5.80. The lowest BCUT2D eigenvalue weighted by Gasteiger charge is -2.22. The maximum atomic E-state index is 13.5. The molecule has 1 aromatic rings. The molecule has 122 valence electrons. The molecule has 0 fully saturated rings. The number of ether oxygens (including phenoxy) is 1. The third-order valence-electron chi connectivity index (χ3n) is 2.50. The summed E-state index contributed by atoms with van der Waals surface area (Å²) in [7, 11) is 0. The van der Waals surface area contributed by atoms with Crippen LogP contribution >= 0.6 is 0 Å². The molecule has 0 aliphatic heterocycles. The van der Waals surface area contributed by atoms with Crippen molar-refractivity contribution < 1.29 is 32.6 Å². The van der Waals surface area contributed by atoms with Gasteiger partial charge in [0.2, 0.25) is 0 Å². The zero-order valence-corrected chi connectivity index (χ0v) is 12.2. The highest BCUT2D eigenvalue weighted by Gasteiger charge is 2.25. The fourth-order valence-electron chi connectivity index (χ4n) is 1.59. The van der Waals surface area contributed by atoms with Gasteiger partial charge in [0.25, 0.3) is 0 Å². The smallest absolute Gasteiger partial charge is 0.408 e. The van der Waals surface area contributed by atoms with Gasteiger partial charge in [-0.2, -0.15) is 0 Å². The monoisotopic (exact) mass is 319 g/mol. The van der Waals surface area contributed by atoms with Crippen LogP contribution in [0.4, 0.5) is 18.0 Å². The molecule has 0 saturated heterocycles. The van der Waals surface area contributed by atoms with Gasteiger partial charge in [0.1, 0.15) is 17.5 Å². The minimum Gasteiger partial charge on any atom is -0.480 e. The molecule has 0 aromatic heterocycles. The summed E-state index contributed by atoms with van der Waals surface area (Å²) < 4.78 is 44.3. The van der Waals surface area contributed by atoms with Crippen LogP contribution in [0.25, 0.3) is 0 Å². The third kappa shape index (κ3) is 5.27. The average Bonchev–Trinajstić information content (AvgIpc) is 2.32. The zero-order chi connectivity index (χ0) is 17.1. The van der Waals surface area contributed by atoms with Gasteiger partial charge in [0.05, 0.1) is 0 Å². The number of hydrogen-bond acceptors (Lipinski definition) is 3. The second-order valence-electron chi connectivity index (χ2n) is 5.60. The lowest BCUT2D eigenvalue weighted by atomic mass is 10.1. The summed E-state index contributed by atoms with van der Waals surface area (Å²) in [5.74, 6) is -5.25. The molecule has 1 amide bonds. The van der Waals surface area contributed by atoms with E-state index >= 15 is 0 Å². The van der Waals surface area contributed by atoms with Gasteiger partial charge >= 0.3 is 12.1 Å². The first-order valence-electron chi connectivity index (χ1n) is 6.35. The number of rotatable bonds is 4. The van der Waals surface area contributed by atoms with Gasteiger partial charge in [-0.25, -0.2) is 22.8 Å². The third-order valence-corrected chi connectivity index (χ3v) is 2.50. The van der Waals surface area contributed by atoms with Crippen molar-refractivity contribution in [2.75, 3.05) is 0 Å². The minimum atomic E-state index is -1.55. The number of benzene rings is 1. The minimum absolute atomic E-state index is 0.317. The lowest BCUT2D eigenvalue weighted by molar-refractivity contribution is -0.139. The van der Waals surface area contributed by atoms with Gasteiger partial charge < -0.3 is 15.2 Å². The van der Waals surface area contributed by atoms with Crippen molar-refractivity contribution in [1.29, 1.82) is 0 Å². The van der Waals surface area contributed by atoms with Crippen LogP contribution in [0.15, 0.2) is 12.1 Å². The first-order valence-corrected chi connectivity index (χ1v) is 6.35. The molecule has 1 atom stereocenters. The standard InChI is InChI=1S/C14H16F3NO4/c1-14(2,3)22-13(21)18-11(12(19)20)5-7-4-9(16)10(17)6-8(7)15/h4,6,11H,5H2,1-3H3,(H,18,21)(H,19,20)/t11-/m1/s1. The second-order valence-corrected chi connectivity index (χ2v) is 5.60. The number of alkyl carbamates (subject to hydrolysis) is 1. The molecule has 1 aromatic carbocycles. The largest absolute Gasteiger partial charge is 0.480 e. The van der Waals surface area contributed by atoms with Crippen molar-refractivity contribution in [2.24, 2.45) is 0 Å². The van der Waals surface area contributed by atoms with E-state index in [0.29, 0.717) is 12.1 Å². The zero-order valence-electron chi connectivity index (χ0n) is 12.2. The molecule has 0 spiro atoms. The molecule has 2 N–H and O–H groups in total. The molecular formula is C14H16F3NO4. The molecule has 0 aliphatic rings. The van der Waals surface area contributed by atoms with Gasteiger partial charge in [-0.15, -0.1) is 0 Å². The summed E-state index contributed by atoms with van der Waals surface area (Å²) in [4.78, 5) is 22.7. The Balaban J connectivity index is 2.88. The summed E-state index contributed by atoms with van der Waals surface area (Å²) in [6.07, 6.45) is -1.57. The van der Waals surface area contributed by atoms with Gasteiger partial charge in [-0.1, -0.05) is 0 Å². The van der Waals surface area contributed by atoms with Crippen molar-refractivity contribution in [3.8, 4) is 0 Å². The molecular weight excluding hydrogens is 303 g/mol. The van der Waals surface area contributed by atoms with Crippen LogP contribution in [0.5, 0.6) is 0 Å². The number of halogens is 3. The molecule has 5 nitrogen and oxygen atoms in total. The Bertz CT molecular complexity index is 584. The first kappa shape index (κ1) is 17.8. The summed E-state index contributed by atoms with van der Waals surface area (Å²) in [6.45, 7) is 4.74. The van der Waals surface area contributed by atoms with Gasteiger partial charge in [-0.3, -0.25) is 0 Å². The summed E-state index contributed by atoms with van der Waals surface area (Å²) in [5, 5.41) is 11.1. The molecule has 0 radical (unpaired) electrons. The van der Waals surface area contributed by atoms with Crippen molar-refractivity contribution >= 4 is 12.1 Å². The summed E-state index contributed by atoms with van der Waals surface area (Å²) in [6, 6.07) is -0.678. The van der Waals surface area contributed by atoms with E-state index in [9.17, 15) is 22.8 Å². The predicted molar refractivity (Wildman–Crippen MR) is 70.8 cm³/mol. The van der Waals surface area contributed by atoms with E-state index < -0.39 is 47.6 Å². The molecule has 22 heavy (non-hydrogen) atoms. The van der Waals surface area contributed by atoms with E-state index in [-0.39, 0.29) is 5.56 Å². The number of amides is 1. The topological polar surface area (TPSA) is 75.6 Å². The highest BCUT2D eigenvalue weighted by Crippen LogP contribution is 2.16. The van der Waals surface area contributed by atoms with Gasteiger partial charge in [0, 0.05) is 12.5 Å². The van der Waals surface area contributed by atoms with Crippen LogP contribution in [0.1, 0.15) is 26.3 Å². The van der Waals surface area contributed by atoms with E-state index in [2.05, 4.69) is 0 Å². The molecule has 0 heterocycles. The Labute approximate surface area is 125 Å². The van der Waals surface area contributed by atoms with Crippen LogP contribution < -0.4 is 5.32 Å². The molecule has 0 saturated carbocycles.